The quantitative estimate of drug-likeness (QED) is 0.636. The van der Waals surface area contributed by atoms with Gasteiger partial charge in [-0.25, -0.2) is 4.39 Å². The summed E-state index contributed by atoms with van der Waals surface area (Å²) >= 11 is 6.11. The molecular formula is C13H14ClF. The molecule has 0 radical (unpaired) electrons. The zero-order valence-electron chi connectivity index (χ0n) is 9.14. The Morgan fingerprint density at radius 3 is 2.13 bits per heavy atom. The van der Waals surface area contributed by atoms with Crippen LogP contribution in [-0.4, -0.2) is 0 Å². The van der Waals surface area contributed by atoms with Gasteiger partial charge in [0.1, 0.15) is 5.82 Å². The SMILES string of the molecule is CC(C)=C(C)/C(Cl)=C\c1ccc(F)cc1. The van der Waals surface area contributed by atoms with Gasteiger partial charge in [-0.15, -0.1) is 0 Å². The van der Waals surface area contributed by atoms with E-state index in [2.05, 4.69) is 0 Å². The molecule has 0 saturated heterocycles. The van der Waals surface area contributed by atoms with Gasteiger partial charge in [0.2, 0.25) is 0 Å². The average Bonchev–Trinajstić information content (AvgIpc) is 2.20. The number of benzene rings is 1. The molecule has 0 aromatic heterocycles. The second-order valence-electron chi connectivity index (χ2n) is 3.67. The van der Waals surface area contributed by atoms with Crippen molar-refractivity contribution < 1.29 is 4.39 Å². The molecule has 0 atom stereocenters. The normalized spacial score (nSPS) is 11.4. The highest BCUT2D eigenvalue weighted by Gasteiger charge is 1.98. The van der Waals surface area contributed by atoms with Crippen LogP contribution in [0.2, 0.25) is 0 Å². The number of allylic oxidation sites excluding steroid dienone is 3. The smallest absolute Gasteiger partial charge is 0.123 e. The van der Waals surface area contributed by atoms with Gasteiger partial charge in [0.25, 0.3) is 0 Å². The van der Waals surface area contributed by atoms with E-state index < -0.39 is 0 Å². The van der Waals surface area contributed by atoms with Crippen LogP contribution in [0, 0.1) is 5.82 Å². The summed E-state index contributed by atoms with van der Waals surface area (Å²) in [6.07, 6.45) is 1.84. The molecule has 0 spiro atoms. The Hall–Kier alpha value is -1.08. The maximum atomic E-state index is 12.6. The third kappa shape index (κ3) is 3.52. The van der Waals surface area contributed by atoms with Crippen molar-refractivity contribution in [3.8, 4) is 0 Å². The van der Waals surface area contributed by atoms with E-state index in [0.29, 0.717) is 5.03 Å². The van der Waals surface area contributed by atoms with E-state index in [1.54, 1.807) is 12.1 Å². The molecule has 0 heterocycles. The standard InChI is InChI=1S/C13H14ClF/c1-9(2)10(3)13(14)8-11-4-6-12(15)7-5-11/h4-8H,1-3H3/b13-8+. The predicted octanol–water partition coefficient (Wildman–Crippen LogP) is 4.76. The van der Waals surface area contributed by atoms with Gasteiger partial charge in [-0.3, -0.25) is 0 Å². The van der Waals surface area contributed by atoms with Gasteiger partial charge in [0.05, 0.1) is 0 Å². The molecular weight excluding hydrogens is 211 g/mol. The molecule has 0 N–H and O–H groups in total. The van der Waals surface area contributed by atoms with E-state index in [4.69, 9.17) is 11.6 Å². The van der Waals surface area contributed by atoms with E-state index in [-0.39, 0.29) is 5.82 Å². The molecule has 80 valence electrons. The molecule has 1 aromatic carbocycles. The lowest BCUT2D eigenvalue weighted by Crippen LogP contribution is -1.81. The third-order valence-corrected chi connectivity index (χ3v) is 2.66. The molecule has 0 bridgehead atoms. The van der Waals surface area contributed by atoms with E-state index >= 15 is 0 Å². The minimum absolute atomic E-state index is 0.234. The van der Waals surface area contributed by atoms with Gasteiger partial charge >= 0.3 is 0 Å². The maximum absolute atomic E-state index is 12.6. The van der Waals surface area contributed by atoms with Crippen molar-refractivity contribution >= 4 is 17.7 Å². The fourth-order valence-electron chi connectivity index (χ4n) is 1.05. The van der Waals surface area contributed by atoms with Gasteiger partial charge in [-0.05, 0) is 50.1 Å². The lowest BCUT2D eigenvalue weighted by molar-refractivity contribution is 0.628. The van der Waals surface area contributed by atoms with Crippen molar-refractivity contribution in [3.05, 3.63) is 51.8 Å². The summed E-state index contributed by atoms with van der Waals surface area (Å²) in [6, 6.07) is 6.26. The lowest BCUT2D eigenvalue weighted by Gasteiger charge is -2.02. The monoisotopic (exact) mass is 224 g/mol. The Morgan fingerprint density at radius 1 is 1.13 bits per heavy atom. The van der Waals surface area contributed by atoms with Crippen LogP contribution < -0.4 is 0 Å². The van der Waals surface area contributed by atoms with E-state index in [1.165, 1.54) is 17.7 Å². The Morgan fingerprint density at radius 2 is 1.67 bits per heavy atom. The van der Waals surface area contributed by atoms with Crippen LogP contribution in [0.5, 0.6) is 0 Å². The van der Waals surface area contributed by atoms with Crippen molar-refractivity contribution in [3.63, 3.8) is 0 Å². The van der Waals surface area contributed by atoms with Crippen LogP contribution in [0.3, 0.4) is 0 Å². The Balaban J connectivity index is 2.98. The highest BCUT2D eigenvalue weighted by atomic mass is 35.5. The van der Waals surface area contributed by atoms with Crippen molar-refractivity contribution in [2.75, 3.05) is 0 Å². The molecule has 0 aliphatic heterocycles. The number of hydrogen-bond donors (Lipinski definition) is 0. The summed E-state index contributed by atoms with van der Waals surface area (Å²) in [4.78, 5) is 0. The Kier molecular flexibility index (Phi) is 4.10. The van der Waals surface area contributed by atoms with Gasteiger partial charge in [0.15, 0.2) is 0 Å². The van der Waals surface area contributed by atoms with Crippen molar-refractivity contribution in [2.45, 2.75) is 20.8 Å². The minimum atomic E-state index is -0.234. The van der Waals surface area contributed by atoms with E-state index in [1.807, 2.05) is 26.8 Å². The molecule has 1 rings (SSSR count). The fourth-order valence-corrected chi connectivity index (χ4v) is 1.37. The highest BCUT2D eigenvalue weighted by molar-refractivity contribution is 6.34. The molecule has 0 nitrogen and oxygen atoms in total. The summed E-state index contributed by atoms with van der Waals surface area (Å²) in [5.41, 5.74) is 3.14. The van der Waals surface area contributed by atoms with Crippen LogP contribution in [-0.2, 0) is 0 Å². The molecule has 0 unspecified atom stereocenters. The van der Waals surface area contributed by atoms with E-state index in [0.717, 1.165) is 11.1 Å². The maximum Gasteiger partial charge on any atom is 0.123 e. The van der Waals surface area contributed by atoms with Crippen LogP contribution in [0.1, 0.15) is 26.3 Å². The zero-order chi connectivity index (χ0) is 11.4. The Labute approximate surface area is 95.1 Å². The predicted molar refractivity (Wildman–Crippen MR) is 64.3 cm³/mol. The first-order valence-corrected chi connectivity index (χ1v) is 5.15. The van der Waals surface area contributed by atoms with Gasteiger partial charge in [-0.2, -0.15) is 0 Å². The molecule has 0 amide bonds. The first-order chi connectivity index (χ1) is 7.00. The lowest BCUT2D eigenvalue weighted by atomic mass is 10.1. The first-order valence-electron chi connectivity index (χ1n) is 4.78. The van der Waals surface area contributed by atoms with Crippen LogP contribution in [0.15, 0.2) is 40.4 Å². The largest absolute Gasteiger partial charge is 0.207 e. The van der Waals surface area contributed by atoms with Crippen molar-refractivity contribution in [2.24, 2.45) is 0 Å². The topological polar surface area (TPSA) is 0 Å². The number of hydrogen-bond acceptors (Lipinski definition) is 0. The highest BCUT2D eigenvalue weighted by Crippen LogP contribution is 2.21. The summed E-state index contributed by atoms with van der Waals surface area (Å²) < 4.78 is 12.6. The summed E-state index contributed by atoms with van der Waals surface area (Å²) in [5.74, 6) is -0.234. The fraction of sp³-hybridized carbons (Fsp3) is 0.231. The Bertz CT molecular complexity index is 395. The van der Waals surface area contributed by atoms with E-state index in [9.17, 15) is 4.39 Å². The molecule has 0 saturated carbocycles. The van der Waals surface area contributed by atoms with Crippen LogP contribution in [0.25, 0.3) is 6.08 Å². The summed E-state index contributed by atoms with van der Waals surface area (Å²) in [5, 5.41) is 0.696. The molecule has 15 heavy (non-hydrogen) atoms. The van der Waals surface area contributed by atoms with Crippen molar-refractivity contribution in [1.82, 2.24) is 0 Å². The van der Waals surface area contributed by atoms with Crippen LogP contribution >= 0.6 is 11.6 Å². The minimum Gasteiger partial charge on any atom is -0.207 e. The van der Waals surface area contributed by atoms with Gasteiger partial charge < -0.3 is 0 Å². The van der Waals surface area contributed by atoms with Crippen LogP contribution in [0.4, 0.5) is 4.39 Å². The zero-order valence-corrected chi connectivity index (χ0v) is 9.90. The van der Waals surface area contributed by atoms with Gasteiger partial charge in [0, 0.05) is 5.03 Å². The van der Waals surface area contributed by atoms with Gasteiger partial charge in [-0.1, -0.05) is 29.3 Å². The molecule has 0 fully saturated rings. The summed E-state index contributed by atoms with van der Waals surface area (Å²) in [6.45, 7) is 5.99. The molecule has 0 aliphatic rings. The third-order valence-electron chi connectivity index (χ3n) is 2.27. The molecule has 1 aromatic rings. The number of rotatable bonds is 2. The number of halogens is 2. The average molecular weight is 225 g/mol. The molecule has 2 heteroatoms. The second-order valence-corrected chi connectivity index (χ2v) is 4.08. The molecule has 0 aliphatic carbocycles. The second kappa shape index (κ2) is 5.13. The van der Waals surface area contributed by atoms with Crippen molar-refractivity contribution in [1.29, 1.82) is 0 Å². The first kappa shape index (κ1) is 12.0. The summed E-state index contributed by atoms with van der Waals surface area (Å²) in [7, 11) is 0.